The van der Waals surface area contributed by atoms with Crippen LogP contribution < -0.4 is 31.2 Å². The molecule has 0 atom stereocenters. The van der Waals surface area contributed by atoms with Crippen LogP contribution in [0.5, 0.6) is 11.5 Å². The Morgan fingerprint density at radius 3 is 1.41 bits per heavy atom. The molecule has 2 saturated carbocycles. The van der Waals surface area contributed by atoms with Gasteiger partial charge in [0.15, 0.2) is 13.2 Å². The Balaban J connectivity index is 0.000000189. The van der Waals surface area contributed by atoms with Gasteiger partial charge in [-0.3, -0.25) is 4.79 Å². The average molecular weight is 919 g/mol. The van der Waals surface area contributed by atoms with Crippen LogP contribution in [0, 0.1) is 7.14 Å². The predicted molar refractivity (Wildman–Crippen MR) is 221 cm³/mol. The third-order valence-corrected chi connectivity index (χ3v) is 9.95. The number of carbonyl (C=O) groups excluding carboxylic acids is 1. The van der Waals surface area contributed by atoms with Crippen LogP contribution in [0.15, 0.2) is 109 Å². The summed E-state index contributed by atoms with van der Waals surface area (Å²) in [6.45, 7) is -0.219. The maximum atomic E-state index is 12.1. The van der Waals surface area contributed by atoms with Gasteiger partial charge in [-0.25, -0.2) is 4.79 Å². The monoisotopic (exact) mass is 918 g/mol. The van der Waals surface area contributed by atoms with E-state index in [9.17, 15) is 9.59 Å². The van der Waals surface area contributed by atoms with Crippen LogP contribution in [0.25, 0.3) is 0 Å². The summed E-state index contributed by atoms with van der Waals surface area (Å²) in [6.07, 6.45) is 8.86. The van der Waals surface area contributed by atoms with Crippen molar-refractivity contribution in [2.24, 2.45) is 5.73 Å². The van der Waals surface area contributed by atoms with Crippen LogP contribution in [0.4, 0.5) is 11.4 Å². The Labute approximate surface area is 328 Å². The van der Waals surface area contributed by atoms with Crippen molar-refractivity contribution in [3.05, 3.63) is 116 Å². The topological polar surface area (TPSA) is 135 Å². The van der Waals surface area contributed by atoms with E-state index in [1.807, 2.05) is 60.7 Å². The number of amides is 1. The normalized spacial score (nSPS) is 19.4. The number of nitrogens with one attached hydrogen (secondary N) is 3. The molecule has 272 valence electrons. The molecule has 6 rings (SSSR count). The van der Waals surface area contributed by atoms with Crippen LogP contribution in [0.3, 0.4) is 0 Å². The summed E-state index contributed by atoms with van der Waals surface area (Å²) in [7, 11) is 0. The molecule has 0 spiro atoms. The van der Waals surface area contributed by atoms with Gasteiger partial charge in [0, 0.05) is 42.7 Å². The zero-order valence-corrected chi connectivity index (χ0v) is 33.0. The maximum absolute atomic E-state index is 12.1. The molecule has 0 aromatic heterocycles. The lowest BCUT2D eigenvalue weighted by molar-refractivity contribution is -0.139. The summed E-state index contributed by atoms with van der Waals surface area (Å²) in [5.74, 6) is 0.302. The first-order valence-corrected chi connectivity index (χ1v) is 19.5. The van der Waals surface area contributed by atoms with Crippen LogP contribution in [0.1, 0.15) is 51.4 Å². The van der Waals surface area contributed by atoms with E-state index in [0.29, 0.717) is 23.9 Å². The lowest BCUT2D eigenvalue weighted by Crippen LogP contribution is -2.42. The minimum absolute atomic E-state index is 0.0435. The van der Waals surface area contributed by atoms with Gasteiger partial charge in [0.05, 0.1) is 0 Å². The second-order valence-electron chi connectivity index (χ2n) is 12.6. The SMILES string of the molecule is NC1CCC(Nc2ccccc2)CC1.O=C(COc1ccc(I)cc1)NC1CCC(Nc2ccccc2)CC1.O=C(O)COc1ccc(I)cc1. The van der Waals surface area contributed by atoms with Gasteiger partial charge in [-0.05, 0) is 169 Å². The third-order valence-electron chi connectivity index (χ3n) is 8.51. The van der Waals surface area contributed by atoms with Gasteiger partial charge in [-0.15, -0.1) is 0 Å². The number of carbonyl (C=O) groups is 2. The van der Waals surface area contributed by atoms with Crippen molar-refractivity contribution in [1.82, 2.24) is 5.32 Å². The van der Waals surface area contributed by atoms with Gasteiger partial charge in [0.1, 0.15) is 11.5 Å². The second kappa shape index (κ2) is 22.4. The van der Waals surface area contributed by atoms with E-state index in [-0.39, 0.29) is 25.2 Å². The zero-order chi connectivity index (χ0) is 36.3. The molecule has 9 nitrogen and oxygen atoms in total. The van der Waals surface area contributed by atoms with Crippen LogP contribution in [0.2, 0.25) is 0 Å². The summed E-state index contributed by atoms with van der Waals surface area (Å²) in [5.41, 5.74) is 8.26. The highest BCUT2D eigenvalue weighted by molar-refractivity contribution is 14.1. The summed E-state index contributed by atoms with van der Waals surface area (Å²) in [4.78, 5) is 22.2. The number of rotatable bonds is 11. The van der Waals surface area contributed by atoms with Crippen LogP contribution in [-0.4, -0.2) is 54.4 Å². The Morgan fingerprint density at radius 2 is 0.980 bits per heavy atom. The number of carboxylic acids is 1. The molecular formula is C40H48I2N4O5. The first kappa shape index (κ1) is 40.2. The number of ether oxygens (including phenoxy) is 2. The standard InChI is InChI=1S/C20H23IN2O2.C12H18N2.C8H7IO3/c21-15-6-12-19(13-7-15)25-14-20(24)23-18-10-8-17(9-11-18)22-16-4-2-1-3-5-16;13-10-6-8-12(9-7-10)14-11-4-2-1-3-5-11;9-6-1-3-7(4-2-6)12-5-8(10)11/h1-7,12-13,17-18,22H,8-11,14H2,(H,23,24);1-5,10,12,14H,6-9,13H2;1-4H,5H2,(H,10,11). The molecule has 0 heterocycles. The number of para-hydroxylation sites is 2. The van der Waals surface area contributed by atoms with Gasteiger partial charge in [0.2, 0.25) is 0 Å². The first-order chi connectivity index (χ1) is 24.7. The number of carboxylic acid groups (broad SMARTS) is 1. The fourth-order valence-electron chi connectivity index (χ4n) is 5.81. The number of hydrogen-bond donors (Lipinski definition) is 5. The van der Waals surface area contributed by atoms with Crippen molar-refractivity contribution in [2.45, 2.75) is 75.5 Å². The molecule has 2 aliphatic carbocycles. The summed E-state index contributed by atoms with van der Waals surface area (Å²) in [5, 5.41) is 18.5. The van der Waals surface area contributed by atoms with E-state index in [1.54, 1.807) is 12.1 Å². The van der Waals surface area contributed by atoms with Crippen molar-refractivity contribution in [3.63, 3.8) is 0 Å². The number of halogens is 2. The van der Waals surface area contributed by atoms with E-state index < -0.39 is 5.97 Å². The third kappa shape index (κ3) is 16.6. The van der Waals surface area contributed by atoms with E-state index in [2.05, 4.69) is 97.5 Å². The summed E-state index contributed by atoms with van der Waals surface area (Å²) < 4.78 is 12.7. The van der Waals surface area contributed by atoms with Gasteiger partial charge in [0.25, 0.3) is 5.91 Å². The van der Waals surface area contributed by atoms with Crippen molar-refractivity contribution in [2.75, 3.05) is 23.8 Å². The Bertz CT molecular complexity index is 1560. The van der Waals surface area contributed by atoms with Gasteiger partial charge in [-0.1, -0.05) is 36.4 Å². The molecule has 0 saturated heterocycles. The smallest absolute Gasteiger partial charge is 0.341 e. The van der Waals surface area contributed by atoms with Crippen molar-refractivity contribution >= 4 is 68.4 Å². The molecule has 0 radical (unpaired) electrons. The largest absolute Gasteiger partial charge is 0.484 e. The Morgan fingerprint density at radius 1 is 0.588 bits per heavy atom. The molecule has 11 heteroatoms. The molecule has 2 fully saturated rings. The zero-order valence-electron chi connectivity index (χ0n) is 28.7. The molecular weight excluding hydrogens is 870 g/mol. The minimum atomic E-state index is -0.964. The van der Waals surface area contributed by atoms with Crippen LogP contribution in [-0.2, 0) is 9.59 Å². The minimum Gasteiger partial charge on any atom is -0.484 e. The van der Waals surface area contributed by atoms with E-state index >= 15 is 0 Å². The highest BCUT2D eigenvalue weighted by Gasteiger charge is 2.22. The predicted octanol–water partition coefficient (Wildman–Crippen LogP) is 8.33. The lowest BCUT2D eigenvalue weighted by atomic mass is 9.91. The Kier molecular flexibility index (Phi) is 17.7. The molecule has 1 amide bonds. The molecule has 0 bridgehead atoms. The molecule has 51 heavy (non-hydrogen) atoms. The number of anilines is 2. The quantitative estimate of drug-likeness (QED) is 0.0950. The van der Waals surface area contributed by atoms with Crippen molar-refractivity contribution in [1.29, 1.82) is 0 Å². The number of hydrogen-bond acceptors (Lipinski definition) is 7. The van der Waals surface area contributed by atoms with Crippen LogP contribution >= 0.6 is 45.2 Å². The van der Waals surface area contributed by atoms with Crippen molar-refractivity contribution < 1.29 is 24.2 Å². The number of benzene rings is 4. The molecule has 0 unspecified atom stereocenters. The second-order valence-corrected chi connectivity index (χ2v) is 15.1. The highest BCUT2D eigenvalue weighted by atomic mass is 127. The number of aliphatic carboxylic acids is 1. The molecule has 4 aromatic carbocycles. The first-order valence-electron chi connectivity index (χ1n) is 17.4. The summed E-state index contributed by atoms with van der Waals surface area (Å²) >= 11 is 4.41. The molecule has 0 aliphatic heterocycles. The molecule has 6 N–H and O–H groups in total. The number of nitrogens with two attached hydrogens (primary N) is 1. The van der Waals surface area contributed by atoms with E-state index in [0.717, 1.165) is 51.4 Å². The maximum Gasteiger partial charge on any atom is 0.341 e. The van der Waals surface area contributed by atoms with E-state index in [4.69, 9.17) is 20.3 Å². The van der Waals surface area contributed by atoms with Crippen molar-refractivity contribution in [3.8, 4) is 11.5 Å². The van der Waals surface area contributed by atoms with Gasteiger partial charge in [-0.2, -0.15) is 0 Å². The summed E-state index contributed by atoms with van der Waals surface area (Å²) in [6, 6.07) is 37.4. The lowest BCUT2D eigenvalue weighted by Gasteiger charge is -2.30. The van der Waals surface area contributed by atoms with Gasteiger partial charge >= 0.3 is 5.97 Å². The average Bonchev–Trinajstić information content (AvgIpc) is 3.14. The fourth-order valence-corrected chi connectivity index (χ4v) is 6.53. The van der Waals surface area contributed by atoms with Gasteiger partial charge < -0.3 is 36.3 Å². The fraction of sp³-hybridized carbons (Fsp3) is 0.350. The Hall–Kier alpha value is -3.56. The molecule has 4 aromatic rings. The van der Waals surface area contributed by atoms with E-state index in [1.165, 1.54) is 24.2 Å². The highest BCUT2D eigenvalue weighted by Crippen LogP contribution is 2.23. The molecule has 2 aliphatic rings.